The van der Waals surface area contributed by atoms with Crippen LogP contribution < -0.4 is 16.5 Å². The van der Waals surface area contributed by atoms with Gasteiger partial charge >= 0.3 is 19.4 Å². The van der Waals surface area contributed by atoms with Crippen LogP contribution in [-0.2, 0) is 27.9 Å². The Morgan fingerprint density at radius 3 is 2.83 bits per heavy atom. The molecule has 2 saturated heterocycles. The van der Waals surface area contributed by atoms with Gasteiger partial charge in [-0.1, -0.05) is 0 Å². The summed E-state index contributed by atoms with van der Waals surface area (Å²) in [7, 11) is -3.89. The van der Waals surface area contributed by atoms with Crippen LogP contribution in [0.3, 0.4) is 0 Å². The van der Waals surface area contributed by atoms with Crippen molar-refractivity contribution >= 4 is 31.1 Å². The number of rotatable bonds is 5. The lowest BCUT2D eigenvalue weighted by atomic mass is 10.0. The van der Waals surface area contributed by atoms with Crippen LogP contribution in [0.5, 0.6) is 0 Å². The SMILES string of the molecule is CC(C)OC(=O)C(C)NP1(=O)OCC2OC(n3ccc(N)nc3=O)C(C)(Cl)C2O1. The van der Waals surface area contributed by atoms with Crippen LogP contribution in [0.15, 0.2) is 17.1 Å². The fourth-order valence-corrected chi connectivity index (χ4v) is 5.33. The Morgan fingerprint density at radius 2 is 2.21 bits per heavy atom. The second-order valence-corrected chi connectivity index (χ2v) is 9.91. The number of nitrogens with zero attached hydrogens (tertiary/aromatic N) is 2. The maximum atomic E-state index is 13.0. The van der Waals surface area contributed by atoms with Gasteiger partial charge in [-0.25, -0.2) is 14.4 Å². The smallest absolute Gasteiger partial charge is 0.406 e. The Hall–Kier alpha value is -1.49. The van der Waals surface area contributed by atoms with E-state index < -0.39 is 48.8 Å². The van der Waals surface area contributed by atoms with Crippen molar-refractivity contribution in [2.75, 3.05) is 12.3 Å². The maximum absolute atomic E-state index is 13.0. The molecule has 3 rings (SSSR count). The Labute approximate surface area is 172 Å². The molecule has 2 aliphatic heterocycles. The summed E-state index contributed by atoms with van der Waals surface area (Å²) in [5, 5.41) is 2.55. The van der Waals surface area contributed by atoms with Crippen LogP contribution in [0.25, 0.3) is 0 Å². The van der Waals surface area contributed by atoms with E-state index in [-0.39, 0.29) is 18.5 Å². The Kier molecular flexibility index (Phi) is 6.11. The van der Waals surface area contributed by atoms with Crippen molar-refractivity contribution in [1.29, 1.82) is 0 Å². The molecule has 6 unspecified atom stereocenters. The summed E-state index contributed by atoms with van der Waals surface area (Å²) in [6.07, 6.45) is -1.45. The van der Waals surface area contributed by atoms with E-state index in [4.69, 9.17) is 35.9 Å². The molecule has 2 aliphatic rings. The highest BCUT2D eigenvalue weighted by Crippen LogP contribution is 2.57. The lowest BCUT2D eigenvalue weighted by Crippen LogP contribution is -2.47. The van der Waals surface area contributed by atoms with E-state index in [1.807, 2.05) is 0 Å². The third-order valence-electron chi connectivity index (χ3n) is 4.50. The predicted octanol–water partition coefficient (Wildman–Crippen LogP) is 1.17. The van der Waals surface area contributed by atoms with Gasteiger partial charge in [0.1, 0.15) is 28.9 Å². The van der Waals surface area contributed by atoms with Crippen molar-refractivity contribution < 1.29 is 27.9 Å². The second kappa shape index (κ2) is 7.98. The Balaban J connectivity index is 1.78. The highest BCUT2D eigenvalue weighted by atomic mass is 35.5. The van der Waals surface area contributed by atoms with Crippen molar-refractivity contribution in [3.05, 3.63) is 22.7 Å². The molecule has 11 nitrogen and oxygen atoms in total. The van der Waals surface area contributed by atoms with Gasteiger partial charge in [0.05, 0.1) is 12.7 Å². The van der Waals surface area contributed by atoms with Gasteiger partial charge in [-0.2, -0.15) is 4.98 Å². The molecule has 3 N–H and O–H groups in total. The number of hydrogen-bond donors (Lipinski definition) is 2. The molecule has 3 heterocycles. The maximum Gasteiger partial charge on any atom is 0.406 e. The number of aromatic nitrogens is 2. The first-order chi connectivity index (χ1) is 13.4. The minimum atomic E-state index is -3.89. The zero-order valence-corrected chi connectivity index (χ0v) is 18.1. The van der Waals surface area contributed by atoms with Crippen LogP contribution in [0.4, 0.5) is 5.82 Å². The minimum Gasteiger partial charge on any atom is -0.462 e. The van der Waals surface area contributed by atoms with E-state index in [1.54, 1.807) is 20.8 Å². The molecule has 29 heavy (non-hydrogen) atoms. The number of carbonyl (C=O) groups excluding carboxylic acids is 1. The standard InChI is InChI=1S/C16H24ClN4O7P/c1-8(2)26-13(22)9(3)20-29(24)25-7-10-12(28-29)16(4,17)14(27-10)21-6-5-11(18)19-15(21)23/h5-6,8-10,12,14H,7H2,1-4H3,(H,20,24)(H2,18,19,23). The van der Waals surface area contributed by atoms with Crippen LogP contribution in [0.2, 0.25) is 0 Å². The number of nitrogens with one attached hydrogen (secondary N) is 1. The quantitative estimate of drug-likeness (QED) is 0.381. The predicted molar refractivity (Wildman–Crippen MR) is 103 cm³/mol. The van der Waals surface area contributed by atoms with Gasteiger partial charge in [0.2, 0.25) is 0 Å². The number of ether oxygens (including phenoxy) is 2. The van der Waals surface area contributed by atoms with Crippen molar-refractivity contribution in [1.82, 2.24) is 14.6 Å². The van der Waals surface area contributed by atoms with Gasteiger partial charge in [0.25, 0.3) is 0 Å². The average Bonchev–Trinajstić information content (AvgIpc) is 2.85. The summed E-state index contributed by atoms with van der Waals surface area (Å²) in [6.45, 7) is 6.37. The van der Waals surface area contributed by atoms with E-state index in [0.717, 1.165) is 0 Å². The van der Waals surface area contributed by atoms with Crippen LogP contribution >= 0.6 is 19.3 Å². The number of halogens is 1. The number of alkyl halides is 1. The molecule has 0 saturated carbocycles. The molecule has 0 spiro atoms. The fraction of sp³-hybridized carbons (Fsp3) is 0.688. The van der Waals surface area contributed by atoms with Crippen molar-refractivity contribution in [3.8, 4) is 0 Å². The van der Waals surface area contributed by atoms with Crippen LogP contribution in [0.1, 0.15) is 33.9 Å². The third kappa shape index (κ3) is 4.50. The molecule has 13 heteroatoms. The summed E-state index contributed by atoms with van der Waals surface area (Å²) in [4.78, 5) is 26.6. The van der Waals surface area contributed by atoms with E-state index >= 15 is 0 Å². The average molecular weight is 451 g/mol. The molecule has 0 radical (unpaired) electrons. The molecule has 6 atom stereocenters. The summed E-state index contributed by atoms with van der Waals surface area (Å²) < 4.78 is 36.2. The van der Waals surface area contributed by atoms with Gasteiger partial charge in [0.15, 0.2) is 6.23 Å². The van der Waals surface area contributed by atoms with Crippen LogP contribution in [0, 0.1) is 0 Å². The monoisotopic (exact) mass is 450 g/mol. The Morgan fingerprint density at radius 1 is 1.52 bits per heavy atom. The fourth-order valence-electron chi connectivity index (χ4n) is 3.16. The molecule has 162 valence electrons. The number of fused-ring (bicyclic) bond motifs is 1. The third-order valence-corrected chi connectivity index (χ3v) is 6.60. The van der Waals surface area contributed by atoms with Gasteiger partial charge < -0.3 is 15.2 Å². The van der Waals surface area contributed by atoms with E-state index in [0.29, 0.717) is 0 Å². The first-order valence-electron chi connectivity index (χ1n) is 9.03. The number of hydrogen-bond acceptors (Lipinski definition) is 9. The van der Waals surface area contributed by atoms with Crippen LogP contribution in [-0.4, -0.2) is 51.4 Å². The van der Waals surface area contributed by atoms with E-state index in [1.165, 1.54) is 23.8 Å². The van der Waals surface area contributed by atoms with E-state index in [2.05, 4.69) is 10.1 Å². The number of nitrogens with two attached hydrogens (primary N) is 1. The summed E-state index contributed by atoms with van der Waals surface area (Å²) in [6, 6.07) is 0.495. The zero-order valence-electron chi connectivity index (χ0n) is 16.4. The first kappa shape index (κ1) is 22.2. The topological polar surface area (TPSA) is 144 Å². The number of carbonyl (C=O) groups is 1. The highest BCUT2D eigenvalue weighted by Gasteiger charge is 2.60. The van der Waals surface area contributed by atoms with Crippen molar-refractivity contribution in [3.63, 3.8) is 0 Å². The number of anilines is 1. The van der Waals surface area contributed by atoms with Gasteiger partial charge in [0, 0.05) is 6.20 Å². The molecule has 0 aliphatic carbocycles. The van der Waals surface area contributed by atoms with E-state index in [9.17, 15) is 14.2 Å². The summed E-state index contributed by atoms with van der Waals surface area (Å²) in [5.74, 6) is -0.535. The van der Waals surface area contributed by atoms with Crippen molar-refractivity contribution in [2.45, 2.75) is 63.2 Å². The van der Waals surface area contributed by atoms with Gasteiger partial charge in [-0.05, 0) is 33.8 Å². The lowest BCUT2D eigenvalue weighted by Gasteiger charge is -2.36. The highest BCUT2D eigenvalue weighted by molar-refractivity contribution is 7.51. The number of nitrogen functional groups attached to an aromatic ring is 1. The Bertz CT molecular complexity index is 892. The minimum absolute atomic E-state index is 0.0634. The largest absolute Gasteiger partial charge is 0.462 e. The molecule has 0 aromatic carbocycles. The molecular weight excluding hydrogens is 427 g/mol. The number of esters is 1. The van der Waals surface area contributed by atoms with Crippen molar-refractivity contribution in [2.24, 2.45) is 0 Å². The molecule has 1 aromatic rings. The second-order valence-electron chi connectivity index (χ2n) is 7.38. The molecule has 2 fully saturated rings. The van der Waals surface area contributed by atoms with Gasteiger partial charge in [-0.15, -0.1) is 11.6 Å². The summed E-state index contributed by atoms with van der Waals surface area (Å²) in [5.41, 5.74) is 4.88. The summed E-state index contributed by atoms with van der Waals surface area (Å²) >= 11 is 6.68. The molecule has 0 bridgehead atoms. The molecule has 1 aromatic heterocycles. The molecule has 0 amide bonds. The van der Waals surface area contributed by atoms with Gasteiger partial charge in [-0.3, -0.25) is 18.4 Å². The molecular formula is C16H24ClN4O7P. The normalized spacial score (nSPS) is 35.3. The zero-order chi connectivity index (χ0) is 21.6. The lowest BCUT2D eigenvalue weighted by molar-refractivity contribution is -0.149. The first-order valence-corrected chi connectivity index (χ1v) is 11.0.